The zero-order valence-electron chi connectivity index (χ0n) is 16.4. The fraction of sp³-hybridized carbons (Fsp3) is 0.167. The van der Waals surface area contributed by atoms with Crippen LogP contribution in [-0.4, -0.2) is 9.97 Å². The third-order valence-corrected chi connectivity index (χ3v) is 5.63. The van der Waals surface area contributed by atoms with Crippen molar-refractivity contribution in [2.45, 2.75) is 27.7 Å². The number of hydrogen-bond donors (Lipinski definition) is 0. The molecule has 0 saturated carbocycles. The number of aromatic nitrogens is 4. The molecule has 0 amide bonds. The monoisotopic (exact) mass is 364 g/mol. The molecule has 0 aromatic carbocycles. The van der Waals surface area contributed by atoms with E-state index in [1.54, 1.807) is 0 Å². The van der Waals surface area contributed by atoms with Crippen molar-refractivity contribution in [3.8, 4) is 0 Å². The Hall–Kier alpha value is -3.40. The smallest absolute Gasteiger partial charge is 0.0688 e. The van der Waals surface area contributed by atoms with E-state index in [4.69, 9.17) is 19.9 Å². The molecule has 28 heavy (non-hydrogen) atoms. The molecular weight excluding hydrogens is 344 g/mol. The molecule has 0 radical (unpaired) electrons. The van der Waals surface area contributed by atoms with Gasteiger partial charge < -0.3 is 9.97 Å². The van der Waals surface area contributed by atoms with Crippen LogP contribution >= 0.6 is 0 Å². The maximum atomic E-state index is 4.84. The van der Waals surface area contributed by atoms with Crippen molar-refractivity contribution in [3.05, 3.63) is 69.3 Å². The van der Waals surface area contributed by atoms with Gasteiger partial charge in [0.1, 0.15) is 0 Å². The molecule has 0 spiro atoms. The van der Waals surface area contributed by atoms with E-state index < -0.39 is 0 Å². The van der Waals surface area contributed by atoms with E-state index in [-0.39, 0.29) is 0 Å². The van der Waals surface area contributed by atoms with Gasteiger partial charge in [0.05, 0.1) is 22.8 Å². The molecule has 8 bridgehead atoms. The van der Waals surface area contributed by atoms with E-state index in [0.29, 0.717) is 0 Å². The van der Waals surface area contributed by atoms with Gasteiger partial charge in [0, 0.05) is 5.56 Å². The predicted molar refractivity (Wildman–Crippen MR) is 116 cm³/mol. The minimum absolute atomic E-state index is 0.951. The number of nitrogens with zero attached hydrogens (tertiary/aromatic N) is 4. The van der Waals surface area contributed by atoms with Crippen LogP contribution in [0.3, 0.4) is 0 Å². The highest BCUT2D eigenvalue weighted by Crippen LogP contribution is 2.25. The Bertz CT molecular complexity index is 1250. The third-order valence-electron chi connectivity index (χ3n) is 5.63. The van der Waals surface area contributed by atoms with E-state index in [1.165, 1.54) is 0 Å². The summed E-state index contributed by atoms with van der Waals surface area (Å²) in [5.74, 6) is 0. The molecule has 0 aliphatic carbocycles. The highest BCUT2D eigenvalue weighted by molar-refractivity contribution is 5.82. The minimum atomic E-state index is 0.951. The van der Waals surface area contributed by atoms with Gasteiger partial charge in [0.15, 0.2) is 0 Å². The second-order valence-corrected chi connectivity index (χ2v) is 7.36. The van der Waals surface area contributed by atoms with Crippen LogP contribution in [0.5, 0.6) is 0 Å². The van der Waals surface area contributed by atoms with Crippen molar-refractivity contribution >= 4 is 46.4 Å². The summed E-state index contributed by atoms with van der Waals surface area (Å²) in [6.45, 7) is 8.29. The average Bonchev–Trinajstić information content (AvgIpc) is 3.49. The van der Waals surface area contributed by atoms with Crippen molar-refractivity contribution in [2.24, 2.45) is 0 Å². The number of hydrogen-bond acceptors (Lipinski definition) is 2. The van der Waals surface area contributed by atoms with Crippen LogP contribution in [0.25, 0.3) is 46.4 Å². The molecule has 2 aliphatic rings. The molecule has 4 heteroatoms. The summed E-state index contributed by atoms with van der Waals surface area (Å²) in [5, 5.41) is 0. The topological polar surface area (TPSA) is 54.0 Å². The molecule has 4 nitrogen and oxygen atoms in total. The van der Waals surface area contributed by atoms with Crippen molar-refractivity contribution in [1.29, 1.82) is 0 Å². The largest absolute Gasteiger partial charge is 0.657 e. The summed E-state index contributed by atoms with van der Waals surface area (Å²) in [6, 6.07) is 8.23. The highest BCUT2D eigenvalue weighted by Gasteiger charge is 2.09. The second kappa shape index (κ2) is 6.06. The SMILES string of the molecule is Cc1c2nc(c(C)c3ccc([n-]3)c(C)c3ccc([n-]3)c(C)c3nc1C=C3)C=C2. The summed E-state index contributed by atoms with van der Waals surface area (Å²) >= 11 is 0. The van der Waals surface area contributed by atoms with Crippen LogP contribution in [0.4, 0.5) is 0 Å². The quantitative estimate of drug-likeness (QED) is 0.381. The van der Waals surface area contributed by atoms with Crippen molar-refractivity contribution < 1.29 is 0 Å². The summed E-state index contributed by atoms with van der Waals surface area (Å²) in [5.41, 5.74) is 11.9. The molecule has 3 aromatic heterocycles. The maximum absolute atomic E-state index is 4.84. The van der Waals surface area contributed by atoms with Crippen molar-refractivity contribution in [1.82, 2.24) is 19.9 Å². The number of aryl methyl sites for hydroxylation is 3. The zero-order valence-corrected chi connectivity index (χ0v) is 16.4. The number of fused-ring (bicyclic) bond motifs is 8. The Morgan fingerprint density at radius 2 is 0.786 bits per heavy atom. The normalized spacial score (nSPS) is 12.7. The summed E-state index contributed by atoms with van der Waals surface area (Å²) in [6.07, 6.45) is 8.23. The average molecular weight is 364 g/mol. The summed E-state index contributed by atoms with van der Waals surface area (Å²) < 4.78 is 0. The molecule has 5 heterocycles. The Morgan fingerprint density at radius 1 is 0.464 bits per heavy atom. The van der Waals surface area contributed by atoms with Crippen LogP contribution < -0.4 is 9.97 Å². The van der Waals surface area contributed by atoms with E-state index in [2.05, 4.69) is 76.3 Å². The Balaban J connectivity index is 1.97. The molecule has 138 valence electrons. The molecule has 0 fully saturated rings. The fourth-order valence-corrected chi connectivity index (χ4v) is 3.64. The zero-order chi connectivity index (χ0) is 19.4. The van der Waals surface area contributed by atoms with Gasteiger partial charge in [-0.05, 0) is 63.1 Å². The molecule has 5 rings (SSSR count). The van der Waals surface area contributed by atoms with Crippen LogP contribution in [0.1, 0.15) is 45.0 Å². The first-order chi connectivity index (χ1) is 13.5. The molecule has 0 atom stereocenters. The molecule has 0 saturated heterocycles. The number of rotatable bonds is 0. The first-order valence-corrected chi connectivity index (χ1v) is 9.43. The maximum Gasteiger partial charge on any atom is 0.0688 e. The second-order valence-electron chi connectivity index (χ2n) is 7.36. The molecule has 2 aliphatic heterocycles. The summed E-state index contributed by atoms with van der Waals surface area (Å²) in [4.78, 5) is 19.4. The predicted octanol–water partition coefficient (Wildman–Crippen LogP) is 5.15. The Labute approximate surface area is 163 Å². The van der Waals surface area contributed by atoms with E-state index >= 15 is 0 Å². The first kappa shape index (κ1) is 16.8. The van der Waals surface area contributed by atoms with Crippen LogP contribution in [-0.2, 0) is 0 Å². The lowest BCUT2D eigenvalue weighted by Crippen LogP contribution is -1.89. The lowest BCUT2D eigenvalue weighted by atomic mass is 10.2. The molecule has 3 aromatic rings. The van der Waals surface area contributed by atoms with Gasteiger partial charge in [-0.2, -0.15) is 0 Å². The van der Waals surface area contributed by atoms with Gasteiger partial charge in [0.2, 0.25) is 0 Å². The lowest BCUT2D eigenvalue weighted by molar-refractivity contribution is 1.19. The molecule has 0 unspecified atom stereocenters. The van der Waals surface area contributed by atoms with Gasteiger partial charge >= 0.3 is 0 Å². The van der Waals surface area contributed by atoms with Gasteiger partial charge in [0.25, 0.3) is 0 Å². The first-order valence-electron chi connectivity index (χ1n) is 9.43. The van der Waals surface area contributed by atoms with Crippen molar-refractivity contribution in [2.75, 3.05) is 0 Å². The van der Waals surface area contributed by atoms with Crippen LogP contribution in [0.2, 0.25) is 0 Å². The summed E-state index contributed by atoms with van der Waals surface area (Å²) in [7, 11) is 0. The highest BCUT2D eigenvalue weighted by atomic mass is 14.8. The molecule has 0 N–H and O–H groups in total. The van der Waals surface area contributed by atoms with Gasteiger partial charge in [-0.25, -0.2) is 9.97 Å². The van der Waals surface area contributed by atoms with Gasteiger partial charge in [-0.1, -0.05) is 29.8 Å². The van der Waals surface area contributed by atoms with Crippen LogP contribution in [0, 0.1) is 27.7 Å². The Morgan fingerprint density at radius 3 is 1.18 bits per heavy atom. The van der Waals surface area contributed by atoms with E-state index in [1.807, 2.05) is 0 Å². The van der Waals surface area contributed by atoms with E-state index in [0.717, 1.165) is 67.1 Å². The minimum Gasteiger partial charge on any atom is -0.657 e. The third kappa shape index (κ3) is 2.53. The van der Waals surface area contributed by atoms with Crippen molar-refractivity contribution in [3.63, 3.8) is 0 Å². The van der Waals surface area contributed by atoms with Gasteiger partial charge in [-0.15, -0.1) is 22.1 Å². The lowest BCUT2D eigenvalue weighted by Gasteiger charge is -2.09. The van der Waals surface area contributed by atoms with E-state index in [9.17, 15) is 0 Å². The standard InChI is InChI=1S/C24H20N4/c1-13-17-5-7-19(25-17)14(2)21-9-11-23(27-21)16(4)24-12-10-22(28-24)15(3)20-8-6-18(13)26-20/h5-12H,1-4H3/q-2. The Kier molecular flexibility index (Phi) is 3.63. The fourth-order valence-electron chi connectivity index (χ4n) is 3.64. The van der Waals surface area contributed by atoms with Gasteiger partial charge in [-0.3, -0.25) is 0 Å². The molecular formula is C24H20N4-2. The van der Waals surface area contributed by atoms with Crippen LogP contribution in [0.15, 0.2) is 24.3 Å².